The van der Waals surface area contributed by atoms with Gasteiger partial charge in [0.15, 0.2) is 0 Å². The van der Waals surface area contributed by atoms with Crippen molar-refractivity contribution in [1.82, 2.24) is 5.43 Å². The number of hydrogen-bond donors (Lipinski definition) is 4. The minimum atomic E-state index is -1.04. The van der Waals surface area contributed by atoms with Gasteiger partial charge in [-0.25, -0.2) is 5.43 Å². The van der Waals surface area contributed by atoms with Crippen molar-refractivity contribution in [3.63, 3.8) is 0 Å². The van der Waals surface area contributed by atoms with Gasteiger partial charge in [-0.15, -0.1) is 6.58 Å². The molecule has 0 aliphatic carbocycles. The van der Waals surface area contributed by atoms with E-state index in [4.69, 9.17) is 16.7 Å². The van der Waals surface area contributed by atoms with Crippen molar-refractivity contribution in [1.29, 1.82) is 0 Å². The Bertz CT molecular complexity index is 137. The summed E-state index contributed by atoms with van der Waals surface area (Å²) < 4.78 is 0. The molecule has 0 aromatic carbocycles. The van der Waals surface area contributed by atoms with E-state index in [-0.39, 0.29) is 0 Å². The summed E-state index contributed by atoms with van der Waals surface area (Å²) >= 11 is 0. The zero-order chi connectivity index (χ0) is 8.15. The van der Waals surface area contributed by atoms with E-state index in [1.54, 1.807) is 0 Å². The molecule has 0 fully saturated rings. The molecular formula is C5H11N3O2. The summed E-state index contributed by atoms with van der Waals surface area (Å²) in [7, 11) is 0. The highest BCUT2D eigenvalue weighted by atomic mass is 16.3. The van der Waals surface area contributed by atoms with Gasteiger partial charge >= 0.3 is 0 Å². The SMILES string of the molecule is C=CC(O)C(NN)C(N)=O. The average Bonchev–Trinajstić information content (AvgIpc) is 1.88. The van der Waals surface area contributed by atoms with E-state index in [1.165, 1.54) is 6.08 Å². The normalized spacial score (nSPS) is 15.8. The van der Waals surface area contributed by atoms with Gasteiger partial charge in [0.25, 0.3) is 0 Å². The fourth-order valence-electron chi connectivity index (χ4n) is 0.485. The van der Waals surface area contributed by atoms with Crippen LogP contribution >= 0.6 is 0 Å². The monoisotopic (exact) mass is 145 g/mol. The third-order valence-corrected chi connectivity index (χ3v) is 1.07. The van der Waals surface area contributed by atoms with Gasteiger partial charge in [-0.05, 0) is 0 Å². The Hall–Kier alpha value is -0.910. The molecule has 2 atom stereocenters. The van der Waals surface area contributed by atoms with Gasteiger partial charge in [0.1, 0.15) is 6.04 Å². The van der Waals surface area contributed by atoms with Crippen LogP contribution in [0.25, 0.3) is 0 Å². The first-order chi connectivity index (χ1) is 4.63. The van der Waals surface area contributed by atoms with Crippen LogP contribution in [-0.4, -0.2) is 23.2 Å². The van der Waals surface area contributed by atoms with Crippen molar-refractivity contribution in [2.24, 2.45) is 11.6 Å². The summed E-state index contributed by atoms with van der Waals surface area (Å²) in [6, 6.07) is -0.961. The van der Waals surface area contributed by atoms with E-state index >= 15 is 0 Å². The summed E-state index contributed by atoms with van der Waals surface area (Å²) in [4.78, 5) is 10.4. The highest BCUT2D eigenvalue weighted by Crippen LogP contribution is 1.91. The number of carbonyl (C=O) groups is 1. The summed E-state index contributed by atoms with van der Waals surface area (Å²) in [6.45, 7) is 3.26. The topological polar surface area (TPSA) is 101 Å². The van der Waals surface area contributed by atoms with Crippen LogP contribution in [0.2, 0.25) is 0 Å². The summed E-state index contributed by atoms with van der Waals surface area (Å²) in [5.41, 5.74) is 6.89. The first-order valence-corrected chi connectivity index (χ1v) is 2.69. The molecule has 58 valence electrons. The van der Waals surface area contributed by atoms with Crippen LogP contribution < -0.4 is 17.0 Å². The molecule has 6 N–H and O–H groups in total. The van der Waals surface area contributed by atoms with E-state index in [1.807, 2.05) is 0 Å². The summed E-state index contributed by atoms with van der Waals surface area (Å²) in [5, 5.41) is 8.93. The molecule has 0 aromatic heterocycles. The standard InChI is InChI=1S/C5H11N3O2/c1-2-3(9)4(8-7)5(6)10/h2-4,8-9H,1,7H2,(H2,6,10). The van der Waals surface area contributed by atoms with Crippen molar-refractivity contribution in [3.05, 3.63) is 12.7 Å². The second-order valence-electron chi connectivity index (χ2n) is 1.77. The lowest BCUT2D eigenvalue weighted by molar-refractivity contribution is -0.121. The Labute approximate surface area is 58.7 Å². The summed E-state index contributed by atoms with van der Waals surface area (Å²) in [6.07, 6.45) is 0.137. The maximum Gasteiger partial charge on any atom is 0.238 e. The smallest absolute Gasteiger partial charge is 0.238 e. The minimum Gasteiger partial charge on any atom is -0.387 e. The molecule has 0 aliphatic rings. The number of nitrogens with one attached hydrogen (secondary N) is 1. The van der Waals surface area contributed by atoms with Crippen molar-refractivity contribution >= 4 is 5.91 Å². The average molecular weight is 145 g/mol. The van der Waals surface area contributed by atoms with Crippen molar-refractivity contribution in [3.8, 4) is 0 Å². The Balaban J connectivity index is 4.05. The number of primary amides is 1. The van der Waals surface area contributed by atoms with E-state index in [0.29, 0.717) is 0 Å². The van der Waals surface area contributed by atoms with E-state index < -0.39 is 18.1 Å². The third-order valence-electron chi connectivity index (χ3n) is 1.07. The zero-order valence-electron chi connectivity index (χ0n) is 5.45. The number of hydrogen-bond acceptors (Lipinski definition) is 4. The molecule has 0 saturated carbocycles. The Morgan fingerprint density at radius 3 is 2.40 bits per heavy atom. The number of hydrazine groups is 1. The maximum absolute atomic E-state index is 10.4. The van der Waals surface area contributed by atoms with Gasteiger partial charge in [-0.1, -0.05) is 6.08 Å². The second-order valence-corrected chi connectivity index (χ2v) is 1.77. The lowest BCUT2D eigenvalue weighted by Gasteiger charge is -2.14. The van der Waals surface area contributed by atoms with Crippen LogP contribution in [0.1, 0.15) is 0 Å². The number of amides is 1. The molecule has 5 nitrogen and oxygen atoms in total. The molecule has 0 spiro atoms. The van der Waals surface area contributed by atoms with Crippen LogP contribution in [0.3, 0.4) is 0 Å². The van der Waals surface area contributed by atoms with Gasteiger partial charge in [0.2, 0.25) is 5.91 Å². The zero-order valence-corrected chi connectivity index (χ0v) is 5.45. The van der Waals surface area contributed by atoms with Crippen LogP contribution in [0.5, 0.6) is 0 Å². The molecule has 0 saturated heterocycles. The van der Waals surface area contributed by atoms with Crippen LogP contribution in [0.15, 0.2) is 12.7 Å². The molecule has 0 rings (SSSR count). The van der Waals surface area contributed by atoms with Gasteiger partial charge in [0.05, 0.1) is 6.10 Å². The molecule has 0 radical (unpaired) electrons. The fraction of sp³-hybridized carbons (Fsp3) is 0.400. The molecule has 2 unspecified atom stereocenters. The van der Waals surface area contributed by atoms with Crippen molar-refractivity contribution in [2.75, 3.05) is 0 Å². The van der Waals surface area contributed by atoms with Gasteiger partial charge in [-0.2, -0.15) is 0 Å². The number of nitrogens with two attached hydrogens (primary N) is 2. The largest absolute Gasteiger partial charge is 0.387 e. The lowest BCUT2D eigenvalue weighted by atomic mass is 10.1. The lowest BCUT2D eigenvalue weighted by Crippen LogP contribution is -2.51. The molecule has 5 heteroatoms. The Morgan fingerprint density at radius 1 is 1.80 bits per heavy atom. The molecular weight excluding hydrogens is 134 g/mol. The maximum atomic E-state index is 10.4. The van der Waals surface area contributed by atoms with Crippen LogP contribution in [-0.2, 0) is 4.79 Å². The third kappa shape index (κ3) is 2.14. The number of carbonyl (C=O) groups excluding carboxylic acids is 1. The highest BCUT2D eigenvalue weighted by molar-refractivity contribution is 5.80. The Kier molecular flexibility index (Phi) is 3.63. The second kappa shape index (κ2) is 3.99. The van der Waals surface area contributed by atoms with E-state index in [0.717, 1.165) is 0 Å². The highest BCUT2D eigenvalue weighted by Gasteiger charge is 2.19. The molecule has 0 aliphatic heterocycles. The number of aliphatic hydroxyl groups is 1. The van der Waals surface area contributed by atoms with E-state index in [9.17, 15) is 4.79 Å². The minimum absolute atomic E-state index is 0.713. The first-order valence-electron chi connectivity index (χ1n) is 2.69. The van der Waals surface area contributed by atoms with Gasteiger partial charge in [0, 0.05) is 0 Å². The Morgan fingerprint density at radius 2 is 2.30 bits per heavy atom. The molecule has 0 bridgehead atoms. The fourth-order valence-corrected chi connectivity index (χ4v) is 0.485. The first kappa shape index (κ1) is 9.09. The predicted molar refractivity (Wildman–Crippen MR) is 36.5 cm³/mol. The van der Waals surface area contributed by atoms with Gasteiger partial charge < -0.3 is 10.8 Å². The summed E-state index contributed by atoms with van der Waals surface area (Å²) in [5.74, 6) is 4.18. The van der Waals surface area contributed by atoms with Crippen molar-refractivity contribution in [2.45, 2.75) is 12.1 Å². The van der Waals surface area contributed by atoms with Crippen LogP contribution in [0, 0.1) is 0 Å². The van der Waals surface area contributed by atoms with Crippen molar-refractivity contribution < 1.29 is 9.90 Å². The molecule has 0 aromatic rings. The number of aliphatic hydroxyl groups excluding tert-OH is 1. The van der Waals surface area contributed by atoms with E-state index in [2.05, 4.69) is 12.0 Å². The quantitative estimate of drug-likeness (QED) is 0.206. The van der Waals surface area contributed by atoms with Crippen LogP contribution in [0.4, 0.5) is 0 Å². The molecule has 10 heavy (non-hydrogen) atoms. The molecule has 1 amide bonds. The number of rotatable bonds is 4. The predicted octanol–water partition coefficient (Wildman–Crippen LogP) is -2.15. The molecule has 0 heterocycles. The van der Waals surface area contributed by atoms with Gasteiger partial charge in [-0.3, -0.25) is 10.6 Å².